The van der Waals surface area contributed by atoms with Gasteiger partial charge in [0.1, 0.15) is 12.2 Å². The van der Waals surface area contributed by atoms with E-state index in [4.69, 9.17) is 0 Å². The molecule has 5 saturated carbocycles. The van der Waals surface area contributed by atoms with Gasteiger partial charge in [-0.25, -0.2) is 0 Å². The molecule has 1 N–H and O–H groups in total. The smallest absolute Gasteiger partial charge is 0.390 e. The van der Waals surface area contributed by atoms with Crippen molar-refractivity contribution in [3.05, 3.63) is 18.0 Å². The van der Waals surface area contributed by atoms with E-state index >= 15 is 0 Å². The van der Waals surface area contributed by atoms with Crippen molar-refractivity contribution < 1.29 is 23.1 Å². The molecule has 5 aliphatic rings. The number of carbonyl (C=O) groups excluding carboxylic acids is 1. The summed E-state index contributed by atoms with van der Waals surface area (Å²) in [5, 5.41) is 14.4. The summed E-state index contributed by atoms with van der Waals surface area (Å²) in [6.45, 7) is 1.96. The molecule has 0 aliphatic heterocycles. The first-order valence-electron chi connectivity index (χ1n) is 12.5. The van der Waals surface area contributed by atoms with Crippen LogP contribution in [0.3, 0.4) is 0 Å². The fourth-order valence-electron chi connectivity index (χ4n) is 9.17. The van der Waals surface area contributed by atoms with Gasteiger partial charge in [-0.15, -0.1) is 0 Å². The van der Waals surface area contributed by atoms with Gasteiger partial charge in [-0.1, -0.05) is 6.92 Å². The number of rotatable bonds is 3. The number of halogens is 3. The van der Waals surface area contributed by atoms with Gasteiger partial charge in [0.25, 0.3) is 0 Å². The van der Waals surface area contributed by atoms with Gasteiger partial charge < -0.3 is 5.11 Å². The molecule has 0 saturated heterocycles. The molecule has 7 heteroatoms. The number of alkyl halides is 3. The molecule has 176 valence electrons. The van der Waals surface area contributed by atoms with Crippen LogP contribution in [0.25, 0.3) is 0 Å². The largest absolute Gasteiger partial charge is 0.433 e. The van der Waals surface area contributed by atoms with Gasteiger partial charge >= 0.3 is 6.18 Å². The van der Waals surface area contributed by atoms with Crippen molar-refractivity contribution in [2.24, 2.45) is 46.8 Å². The Balaban J connectivity index is 1.19. The highest BCUT2D eigenvalue weighted by Gasteiger charge is 2.65. The normalized spacial score (nSPS) is 47.2. The predicted octanol–water partition coefficient (Wildman–Crippen LogP) is 5.10. The van der Waals surface area contributed by atoms with E-state index < -0.39 is 11.9 Å². The summed E-state index contributed by atoms with van der Waals surface area (Å²) in [4.78, 5) is 13.3. The molecule has 0 amide bonds. The van der Waals surface area contributed by atoms with Crippen LogP contribution in [-0.2, 0) is 17.5 Å². The minimum atomic E-state index is -4.50. The molecule has 0 radical (unpaired) electrons. The number of ketones is 1. The highest BCUT2D eigenvalue weighted by atomic mass is 19.4. The molecule has 9 atom stereocenters. The Labute approximate surface area is 186 Å². The van der Waals surface area contributed by atoms with Crippen LogP contribution >= 0.6 is 0 Å². The molecular formula is C25H33F3N2O2. The first-order valence-corrected chi connectivity index (χ1v) is 12.5. The van der Waals surface area contributed by atoms with E-state index in [1.54, 1.807) is 0 Å². The monoisotopic (exact) mass is 450 g/mol. The highest BCUT2D eigenvalue weighted by molar-refractivity contribution is 5.82. The maximum atomic E-state index is 13.3. The third-order valence-corrected chi connectivity index (χ3v) is 10.7. The average Bonchev–Trinajstić information content (AvgIpc) is 3.05. The van der Waals surface area contributed by atoms with Gasteiger partial charge in [0, 0.05) is 12.1 Å². The molecule has 5 fully saturated rings. The summed E-state index contributed by atoms with van der Waals surface area (Å²) in [5.74, 6) is 3.49. The van der Waals surface area contributed by atoms with E-state index in [0.717, 1.165) is 67.8 Å². The number of aliphatic hydroxyl groups is 1. The maximum absolute atomic E-state index is 13.3. The van der Waals surface area contributed by atoms with Gasteiger partial charge in [-0.2, -0.15) is 18.3 Å². The Bertz CT molecular complexity index is 929. The van der Waals surface area contributed by atoms with E-state index in [1.165, 1.54) is 12.8 Å². The van der Waals surface area contributed by atoms with E-state index in [-0.39, 0.29) is 29.3 Å². The third kappa shape index (κ3) is 2.98. The quantitative estimate of drug-likeness (QED) is 0.697. The van der Waals surface area contributed by atoms with Crippen molar-refractivity contribution in [2.45, 2.75) is 83.0 Å². The van der Waals surface area contributed by atoms with Crippen LogP contribution in [0.4, 0.5) is 13.2 Å². The van der Waals surface area contributed by atoms with E-state index in [2.05, 4.69) is 12.0 Å². The van der Waals surface area contributed by atoms with Gasteiger partial charge in [-0.3, -0.25) is 9.48 Å². The molecule has 1 aromatic heterocycles. The summed E-state index contributed by atoms with van der Waals surface area (Å²) in [7, 11) is 0. The molecule has 6 rings (SSSR count). The van der Waals surface area contributed by atoms with Crippen molar-refractivity contribution >= 4 is 5.78 Å². The summed E-state index contributed by atoms with van der Waals surface area (Å²) >= 11 is 0. The number of nitrogens with zero attached hydrogens (tertiary/aromatic N) is 2. The average molecular weight is 451 g/mol. The lowest BCUT2D eigenvalue weighted by Crippen LogP contribution is -2.50. The fourth-order valence-corrected chi connectivity index (χ4v) is 9.17. The molecule has 32 heavy (non-hydrogen) atoms. The predicted molar refractivity (Wildman–Crippen MR) is 111 cm³/mol. The zero-order valence-corrected chi connectivity index (χ0v) is 18.7. The van der Waals surface area contributed by atoms with Gasteiger partial charge in [-0.05, 0) is 105 Å². The Kier molecular flexibility index (Phi) is 4.52. The van der Waals surface area contributed by atoms with Gasteiger partial charge in [0.2, 0.25) is 0 Å². The number of carbonyl (C=O) groups is 1. The molecule has 1 unspecified atom stereocenters. The van der Waals surface area contributed by atoms with Crippen molar-refractivity contribution in [3.8, 4) is 0 Å². The number of hydrogen-bond donors (Lipinski definition) is 1. The minimum Gasteiger partial charge on any atom is -0.390 e. The standard InChI is InChI=1S/C25H33F3N2O2/c1-23-9-6-14-15-7-10-24(32)12-20(24)17(15)3-2-16(14)18(23)4-5-19(23)21(31)13-30-22(8-11-29-30)25(26,27)28/h8,11,14-20,32H,2-7,9-10,12-13H2,1H3/t14-,15-,16-,17+,18+,19-,20?,23+,24+/m1/s1. The van der Waals surface area contributed by atoms with Crippen LogP contribution < -0.4 is 0 Å². The lowest BCUT2D eigenvalue weighted by atomic mass is 9.49. The molecule has 0 aromatic carbocycles. The van der Waals surface area contributed by atoms with Crippen molar-refractivity contribution in [3.63, 3.8) is 0 Å². The molecule has 4 nitrogen and oxygen atoms in total. The molecular weight excluding hydrogens is 417 g/mol. The molecule has 1 heterocycles. The van der Waals surface area contributed by atoms with Crippen molar-refractivity contribution in [1.82, 2.24) is 9.78 Å². The summed E-state index contributed by atoms with van der Waals surface area (Å²) < 4.78 is 40.6. The van der Waals surface area contributed by atoms with Gasteiger partial charge in [0.05, 0.1) is 5.60 Å². The lowest BCUT2D eigenvalue weighted by Gasteiger charge is -2.56. The van der Waals surface area contributed by atoms with Crippen LogP contribution in [0.2, 0.25) is 0 Å². The number of fused-ring (bicyclic) bond motifs is 7. The van der Waals surface area contributed by atoms with E-state index in [9.17, 15) is 23.1 Å². The summed E-state index contributed by atoms with van der Waals surface area (Å²) in [6.07, 6.45) is 6.06. The van der Waals surface area contributed by atoms with Crippen LogP contribution in [0.5, 0.6) is 0 Å². The minimum absolute atomic E-state index is 0.0861. The zero-order valence-electron chi connectivity index (χ0n) is 18.7. The van der Waals surface area contributed by atoms with Crippen LogP contribution in [-0.4, -0.2) is 26.3 Å². The van der Waals surface area contributed by atoms with Crippen molar-refractivity contribution in [2.75, 3.05) is 0 Å². The summed E-state index contributed by atoms with van der Waals surface area (Å²) in [5.41, 5.74) is -1.31. The number of hydrogen-bond acceptors (Lipinski definition) is 3. The zero-order chi connectivity index (χ0) is 22.5. The topological polar surface area (TPSA) is 55.1 Å². The van der Waals surface area contributed by atoms with E-state index in [1.807, 2.05) is 0 Å². The van der Waals surface area contributed by atoms with Crippen molar-refractivity contribution in [1.29, 1.82) is 0 Å². The maximum Gasteiger partial charge on any atom is 0.433 e. The Morgan fingerprint density at radius 1 is 1.06 bits per heavy atom. The van der Waals surface area contributed by atoms with Crippen LogP contribution in [0, 0.1) is 46.8 Å². The Morgan fingerprint density at radius 2 is 1.75 bits per heavy atom. The molecule has 0 spiro atoms. The SMILES string of the molecule is C[C@]12CC[C@@H]3[C@H]4CC[C@]5(O)CC5[C@H]4CC[C@H]3[C@@H]1CC[C@@H]2C(=O)Cn1nccc1C(F)(F)F. The number of aromatic nitrogens is 2. The van der Waals surface area contributed by atoms with E-state index in [0.29, 0.717) is 29.6 Å². The van der Waals surface area contributed by atoms with Crippen LogP contribution in [0.15, 0.2) is 12.3 Å². The van der Waals surface area contributed by atoms with Gasteiger partial charge in [0.15, 0.2) is 5.78 Å². The Hall–Kier alpha value is -1.37. The third-order valence-electron chi connectivity index (χ3n) is 10.7. The number of Topliss-reactive ketones (excluding diaryl/α,β-unsaturated/α-hetero) is 1. The first kappa shape index (κ1) is 21.2. The lowest BCUT2D eigenvalue weighted by molar-refractivity contribution is -0.145. The fraction of sp³-hybridized carbons (Fsp3) is 0.840. The second kappa shape index (κ2) is 6.83. The Morgan fingerprint density at radius 3 is 2.47 bits per heavy atom. The second-order valence-corrected chi connectivity index (χ2v) is 11.8. The van der Waals surface area contributed by atoms with Crippen LogP contribution in [0.1, 0.15) is 70.4 Å². The second-order valence-electron chi connectivity index (χ2n) is 11.8. The molecule has 5 aliphatic carbocycles. The first-order chi connectivity index (χ1) is 15.1. The molecule has 1 aromatic rings. The summed E-state index contributed by atoms with van der Waals surface area (Å²) in [6, 6.07) is 0.946. The molecule has 0 bridgehead atoms. The highest BCUT2D eigenvalue weighted by Crippen LogP contribution is 2.68.